The number of anilines is 1. The van der Waals surface area contributed by atoms with E-state index in [1.54, 1.807) is 35.6 Å². The fourth-order valence-electron chi connectivity index (χ4n) is 2.59. The van der Waals surface area contributed by atoms with Gasteiger partial charge >= 0.3 is 0 Å². The Hall–Kier alpha value is -3.24. The van der Waals surface area contributed by atoms with E-state index >= 15 is 0 Å². The maximum Gasteiger partial charge on any atom is 0.251 e. The Morgan fingerprint density at radius 1 is 1.13 bits per heavy atom. The minimum atomic E-state index is -0.390. The average Bonchev–Trinajstić information content (AvgIpc) is 3.24. The summed E-state index contributed by atoms with van der Waals surface area (Å²) in [6.07, 6.45) is -0.0302. The molecule has 2 heterocycles. The van der Waals surface area contributed by atoms with Crippen LogP contribution in [-0.2, 0) is 22.6 Å². The Bertz CT molecular complexity index is 1130. The summed E-state index contributed by atoms with van der Waals surface area (Å²) in [7, 11) is 0. The van der Waals surface area contributed by atoms with Gasteiger partial charge in [0.2, 0.25) is 11.8 Å². The van der Waals surface area contributed by atoms with Crippen molar-refractivity contribution in [2.45, 2.75) is 25.0 Å². The van der Waals surface area contributed by atoms with Crippen LogP contribution >= 0.6 is 23.1 Å². The van der Waals surface area contributed by atoms with Crippen LogP contribution in [0, 0.1) is 0 Å². The standard InChI is InChI=1S/C21H20N4O4S2/c1-13(26)14-4-6-15(7-5-14)23-20(29)12-31-21-24-16(10-19(28)25-21)9-18(27)22-11-17-3-2-8-30-17/h2-8,10H,9,11-12H2,1H3,(H,22,27)(H,23,29)(H,24,25,28). The molecule has 0 radical (unpaired) electrons. The first-order chi connectivity index (χ1) is 14.9. The molecule has 3 N–H and O–H groups in total. The number of carbonyl (C=O) groups excluding carboxylic acids is 3. The minimum Gasteiger partial charge on any atom is -0.351 e. The number of Topliss-reactive ketones (excluding diaryl/α,β-unsaturated/α-hetero) is 1. The van der Waals surface area contributed by atoms with E-state index in [0.717, 1.165) is 16.6 Å². The summed E-state index contributed by atoms with van der Waals surface area (Å²) in [4.78, 5) is 55.3. The van der Waals surface area contributed by atoms with Gasteiger partial charge in [-0.2, -0.15) is 0 Å². The van der Waals surface area contributed by atoms with Crippen molar-refractivity contribution in [3.63, 3.8) is 0 Å². The number of ketones is 1. The summed E-state index contributed by atoms with van der Waals surface area (Å²) in [5.41, 5.74) is 1.06. The fourth-order valence-corrected chi connectivity index (χ4v) is 3.93. The maximum absolute atomic E-state index is 12.2. The number of H-pyrrole nitrogens is 1. The van der Waals surface area contributed by atoms with Gasteiger partial charge in [-0.3, -0.25) is 19.2 Å². The molecular weight excluding hydrogens is 436 g/mol. The van der Waals surface area contributed by atoms with Gasteiger partial charge in [-0.1, -0.05) is 17.8 Å². The molecule has 160 valence electrons. The molecule has 8 nitrogen and oxygen atoms in total. The predicted molar refractivity (Wildman–Crippen MR) is 121 cm³/mol. The molecule has 0 atom stereocenters. The van der Waals surface area contributed by atoms with Gasteiger partial charge in [-0.05, 0) is 42.6 Å². The molecule has 1 aromatic carbocycles. The second-order valence-corrected chi connectivity index (χ2v) is 8.54. The van der Waals surface area contributed by atoms with E-state index in [1.165, 1.54) is 13.0 Å². The predicted octanol–water partition coefficient (Wildman–Crippen LogP) is 2.62. The maximum atomic E-state index is 12.2. The van der Waals surface area contributed by atoms with Crippen molar-refractivity contribution in [2.75, 3.05) is 11.1 Å². The number of benzene rings is 1. The van der Waals surface area contributed by atoms with Gasteiger partial charge in [-0.25, -0.2) is 4.98 Å². The molecule has 0 saturated heterocycles. The Labute approximate surface area is 186 Å². The first-order valence-electron chi connectivity index (χ1n) is 9.32. The van der Waals surface area contributed by atoms with E-state index in [0.29, 0.717) is 23.5 Å². The van der Waals surface area contributed by atoms with Crippen LogP contribution in [0.5, 0.6) is 0 Å². The fraction of sp³-hybridized carbons (Fsp3) is 0.190. The van der Waals surface area contributed by atoms with E-state index in [4.69, 9.17) is 0 Å². The number of amides is 2. The number of hydrogen-bond acceptors (Lipinski definition) is 7. The molecule has 0 aliphatic rings. The molecule has 0 aliphatic carbocycles. The molecule has 2 amide bonds. The number of aromatic nitrogens is 2. The molecule has 31 heavy (non-hydrogen) atoms. The first kappa shape index (κ1) is 22.4. The van der Waals surface area contributed by atoms with Crippen LogP contribution < -0.4 is 16.2 Å². The second kappa shape index (κ2) is 10.7. The number of thiophene rings is 1. The number of nitrogens with one attached hydrogen (secondary N) is 3. The van der Waals surface area contributed by atoms with Crippen LogP contribution in [0.25, 0.3) is 0 Å². The third-order valence-corrected chi connectivity index (χ3v) is 5.82. The zero-order chi connectivity index (χ0) is 22.2. The van der Waals surface area contributed by atoms with Crippen molar-refractivity contribution in [1.82, 2.24) is 15.3 Å². The van der Waals surface area contributed by atoms with Gasteiger partial charge in [0.05, 0.1) is 24.4 Å². The highest BCUT2D eigenvalue weighted by molar-refractivity contribution is 7.99. The Kier molecular flexibility index (Phi) is 7.74. The van der Waals surface area contributed by atoms with E-state index in [9.17, 15) is 19.2 Å². The summed E-state index contributed by atoms with van der Waals surface area (Å²) in [6.45, 7) is 1.90. The van der Waals surface area contributed by atoms with E-state index in [1.807, 2.05) is 17.5 Å². The summed E-state index contributed by atoms with van der Waals surface area (Å²) in [5, 5.41) is 7.69. The Morgan fingerprint density at radius 2 is 1.90 bits per heavy atom. The zero-order valence-electron chi connectivity index (χ0n) is 16.6. The summed E-state index contributed by atoms with van der Waals surface area (Å²) in [5.74, 6) is -0.564. The van der Waals surface area contributed by atoms with Crippen LogP contribution in [0.15, 0.2) is 57.8 Å². The van der Waals surface area contributed by atoms with Gasteiger partial charge < -0.3 is 15.6 Å². The summed E-state index contributed by atoms with van der Waals surface area (Å²) >= 11 is 2.61. The van der Waals surface area contributed by atoms with Crippen LogP contribution in [0.2, 0.25) is 0 Å². The third-order valence-electron chi connectivity index (χ3n) is 4.07. The Morgan fingerprint density at radius 3 is 2.58 bits per heavy atom. The van der Waals surface area contributed by atoms with Crippen LogP contribution in [-0.4, -0.2) is 33.3 Å². The topological polar surface area (TPSA) is 121 Å². The molecule has 0 bridgehead atoms. The number of rotatable bonds is 9. The number of aromatic amines is 1. The molecule has 3 rings (SSSR count). The molecule has 0 spiro atoms. The van der Waals surface area contributed by atoms with Gasteiger partial charge in [0.15, 0.2) is 10.9 Å². The van der Waals surface area contributed by atoms with Crippen molar-refractivity contribution in [1.29, 1.82) is 0 Å². The highest BCUT2D eigenvalue weighted by atomic mass is 32.2. The average molecular weight is 457 g/mol. The largest absolute Gasteiger partial charge is 0.351 e. The molecule has 0 unspecified atom stereocenters. The van der Waals surface area contributed by atoms with Crippen LogP contribution in [0.3, 0.4) is 0 Å². The monoisotopic (exact) mass is 456 g/mol. The summed E-state index contributed by atoms with van der Waals surface area (Å²) < 4.78 is 0. The van der Waals surface area contributed by atoms with E-state index in [-0.39, 0.29) is 34.9 Å². The SMILES string of the molecule is CC(=O)c1ccc(NC(=O)CSc2nc(CC(=O)NCc3cccs3)cc(=O)[nH]2)cc1. The van der Waals surface area contributed by atoms with Crippen LogP contribution in [0.4, 0.5) is 5.69 Å². The molecule has 0 aliphatic heterocycles. The molecule has 0 saturated carbocycles. The lowest BCUT2D eigenvalue weighted by atomic mass is 10.1. The van der Waals surface area contributed by atoms with Gasteiger partial charge in [0.25, 0.3) is 5.56 Å². The van der Waals surface area contributed by atoms with E-state index in [2.05, 4.69) is 20.6 Å². The quantitative estimate of drug-likeness (QED) is 0.259. The minimum absolute atomic E-state index is 0.0193. The molecule has 0 fully saturated rings. The van der Waals surface area contributed by atoms with Crippen LogP contribution in [0.1, 0.15) is 27.9 Å². The first-order valence-corrected chi connectivity index (χ1v) is 11.2. The highest BCUT2D eigenvalue weighted by Crippen LogP contribution is 2.14. The van der Waals surface area contributed by atoms with E-state index < -0.39 is 5.56 Å². The number of hydrogen-bond donors (Lipinski definition) is 3. The second-order valence-electron chi connectivity index (χ2n) is 6.55. The summed E-state index contributed by atoms with van der Waals surface area (Å²) in [6, 6.07) is 11.7. The number of nitrogens with zero attached hydrogens (tertiary/aromatic N) is 1. The smallest absolute Gasteiger partial charge is 0.251 e. The molecule has 10 heteroatoms. The highest BCUT2D eigenvalue weighted by Gasteiger charge is 2.10. The van der Waals surface area contributed by atoms with Crippen molar-refractivity contribution >= 4 is 46.4 Å². The van der Waals surface area contributed by atoms with Crippen molar-refractivity contribution in [2.24, 2.45) is 0 Å². The lowest BCUT2D eigenvalue weighted by molar-refractivity contribution is -0.120. The van der Waals surface area contributed by atoms with Crippen molar-refractivity contribution in [3.05, 3.63) is 74.3 Å². The lowest BCUT2D eigenvalue weighted by Gasteiger charge is -2.07. The molecule has 2 aromatic heterocycles. The zero-order valence-corrected chi connectivity index (χ0v) is 18.3. The Balaban J connectivity index is 1.52. The van der Waals surface area contributed by atoms with Gasteiger partial charge in [0.1, 0.15) is 0 Å². The number of thioether (sulfide) groups is 1. The third kappa shape index (κ3) is 7.19. The molecule has 3 aromatic rings. The molecular formula is C21H20N4O4S2. The van der Waals surface area contributed by atoms with Gasteiger partial charge in [-0.15, -0.1) is 11.3 Å². The van der Waals surface area contributed by atoms with Crippen molar-refractivity contribution < 1.29 is 14.4 Å². The lowest BCUT2D eigenvalue weighted by Crippen LogP contribution is -2.25. The van der Waals surface area contributed by atoms with Gasteiger partial charge in [0, 0.05) is 22.2 Å². The number of carbonyl (C=O) groups is 3. The van der Waals surface area contributed by atoms with Crippen molar-refractivity contribution in [3.8, 4) is 0 Å². The normalized spacial score (nSPS) is 10.5.